The van der Waals surface area contributed by atoms with Crippen LogP contribution in [0.2, 0.25) is 5.02 Å². The third-order valence-corrected chi connectivity index (χ3v) is 2.46. The van der Waals surface area contributed by atoms with Gasteiger partial charge in [-0.1, -0.05) is 11.6 Å². The molecule has 0 aliphatic carbocycles. The minimum absolute atomic E-state index is 0.321. The number of carbonyl (C=O) groups is 1. The van der Waals surface area contributed by atoms with Crippen LogP contribution in [0.5, 0.6) is 5.75 Å². The molecular weight excluding hydrogens is 230 g/mol. The number of rotatable bonds is 5. The minimum atomic E-state index is -0.833. The number of aliphatic carboxylic acids is 1. The van der Waals surface area contributed by atoms with Crippen molar-refractivity contribution in [2.75, 3.05) is 6.61 Å². The van der Waals surface area contributed by atoms with E-state index in [-0.39, 0.29) is 0 Å². The molecule has 0 aromatic carbocycles. The van der Waals surface area contributed by atoms with E-state index in [1.807, 2.05) is 0 Å². The molecule has 1 heterocycles. The summed E-state index contributed by atoms with van der Waals surface area (Å²) >= 11 is 5.73. The Kier molecular flexibility index (Phi) is 4.12. The number of nitrogens with zero attached hydrogens (tertiary/aromatic N) is 1. The monoisotopic (exact) mass is 243 g/mol. The van der Waals surface area contributed by atoms with Gasteiger partial charge in [0, 0.05) is 12.3 Å². The second-order valence-corrected chi connectivity index (χ2v) is 4.56. The lowest BCUT2D eigenvalue weighted by atomic mass is 9.90. The fourth-order valence-corrected chi connectivity index (χ4v) is 1.17. The summed E-state index contributed by atoms with van der Waals surface area (Å²) in [7, 11) is 0. The van der Waals surface area contributed by atoms with E-state index < -0.39 is 11.4 Å². The average molecular weight is 244 g/mol. The number of hydrogen-bond acceptors (Lipinski definition) is 3. The highest BCUT2D eigenvalue weighted by Gasteiger charge is 2.26. The van der Waals surface area contributed by atoms with Crippen molar-refractivity contribution in [2.45, 2.75) is 20.3 Å². The van der Waals surface area contributed by atoms with Gasteiger partial charge in [0.15, 0.2) is 0 Å². The van der Waals surface area contributed by atoms with Crippen LogP contribution in [-0.2, 0) is 4.79 Å². The molecule has 0 bridgehead atoms. The van der Waals surface area contributed by atoms with Crippen LogP contribution < -0.4 is 4.74 Å². The summed E-state index contributed by atoms with van der Waals surface area (Å²) in [6.45, 7) is 3.64. The van der Waals surface area contributed by atoms with Crippen molar-refractivity contribution in [2.24, 2.45) is 5.41 Å². The summed E-state index contributed by atoms with van der Waals surface area (Å²) in [6.07, 6.45) is 3.48. The molecule has 88 valence electrons. The van der Waals surface area contributed by atoms with Gasteiger partial charge in [0.25, 0.3) is 0 Å². The summed E-state index contributed by atoms with van der Waals surface area (Å²) < 4.78 is 5.36. The van der Waals surface area contributed by atoms with Gasteiger partial charge in [0.1, 0.15) is 5.75 Å². The van der Waals surface area contributed by atoms with Crippen molar-refractivity contribution in [1.29, 1.82) is 0 Å². The lowest BCUT2D eigenvalue weighted by molar-refractivity contribution is -0.147. The number of ether oxygens (including phenoxy) is 1. The second kappa shape index (κ2) is 5.16. The molecule has 1 aromatic heterocycles. The molecule has 0 aliphatic heterocycles. The van der Waals surface area contributed by atoms with Gasteiger partial charge in [-0.2, -0.15) is 0 Å². The van der Waals surface area contributed by atoms with E-state index in [9.17, 15) is 4.79 Å². The molecule has 4 nitrogen and oxygen atoms in total. The molecule has 0 amide bonds. The largest absolute Gasteiger partial charge is 0.492 e. The van der Waals surface area contributed by atoms with Crippen LogP contribution >= 0.6 is 11.6 Å². The summed E-state index contributed by atoms with van der Waals surface area (Å²) in [5, 5.41) is 9.39. The van der Waals surface area contributed by atoms with Gasteiger partial charge in [-0.3, -0.25) is 9.78 Å². The van der Waals surface area contributed by atoms with E-state index in [0.29, 0.717) is 23.8 Å². The molecule has 0 fully saturated rings. The third-order valence-electron chi connectivity index (χ3n) is 2.25. The number of hydrogen-bond donors (Lipinski definition) is 1. The van der Waals surface area contributed by atoms with Crippen LogP contribution in [0.1, 0.15) is 20.3 Å². The van der Waals surface area contributed by atoms with Gasteiger partial charge in [-0.15, -0.1) is 0 Å². The van der Waals surface area contributed by atoms with Crippen LogP contribution in [-0.4, -0.2) is 22.7 Å². The van der Waals surface area contributed by atoms with Crippen molar-refractivity contribution in [3.8, 4) is 5.75 Å². The molecule has 0 unspecified atom stereocenters. The molecule has 1 rings (SSSR count). The van der Waals surface area contributed by atoms with Crippen molar-refractivity contribution < 1.29 is 14.6 Å². The summed E-state index contributed by atoms with van der Waals surface area (Å²) in [6, 6.07) is 1.64. The molecule has 16 heavy (non-hydrogen) atoms. The normalized spacial score (nSPS) is 11.2. The smallest absolute Gasteiger partial charge is 0.309 e. The Hall–Kier alpha value is -1.29. The first-order chi connectivity index (χ1) is 7.42. The maximum absolute atomic E-state index is 10.8. The zero-order valence-corrected chi connectivity index (χ0v) is 9.99. The highest BCUT2D eigenvalue weighted by Crippen LogP contribution is 2.21. The molecule has 0 saturated carbocycles. The van der Waals surface area contributed by atoms with Gasteiger partial charge in [-0.25, -0.2) is 0 Å². The predicted molar refractivity (Wildman–Crippen MR) is 60.8 cm³/mol. The quantitative estimate of drug-likeness (QED) is 0.864. The van der Waals surface area contributed by atoms with E-state index in [1.54, 1.807) is 26.1 Å². The topological polar surface area (TPSA) is 59.4 Å². The first-order valence-electron chi connectivity index (χ1n) is 4.88. The number of halogens is 1. The molecule has 5 heteroatoms. The number of carboxylic acid groups (broad SMARTS) is 1. The lowest BCUT2D eigenvalue weighted by Gasteiger charge is -2.18. The Balaban J connectivity index is 2.45. The maximum Gasteiger partial charge on any atom is 0.309 e. The van der Waals surface area contributed by atoms with E-state index in [4.69, 9.17) is 21.4 Å². The molecule has 0 saturated heterocycles. The van der Waals surface area contributed by atoms with Gasteiger partial charge in [0.05, 0.1) is 23.2 Å². The molecule has 1 N–H and O–H groups in total. The Morgan fingerprint density at radius 2 is 2.25 bits per heavy atom. The van der Waals surface area contributed by atoms with Crippen molar-refractivity contribution in [1.82, 2.24) is 4.98 Å². The van der Waals surface area contributed by atoms with E-state index in [2.05, 4.69) is 4.98 Å². The highest BCUT2D eigenvalue weighted by molar-refractivity contribution is 6.30. The second-order valence-electron chi connectivity index (χ2n) is 4.13. The fourth-order valence-electron chi connectivity index (χ4n) is 1.00. The fraction of sp³-hybridized carbons (Fsp3) is 0.455. The Labute approximate surface area is 99.2 Å². The van der Waals surface area contributed by atoms with Gasteiger partial charge in [-0.05, 0) is 20.3 Å². The predicted octanol–water partition coefficient (Wildman–Crippen LogP) is 2.61. The number of pyridine rings is 1. The molecule has 1 aromatic rings. The van der Waals surface area contributed by atoms with Gasteiger partial charge < -0.3 is 9.84 Å². The van der Waals surface area contributed by atoms with Crippen molar-refractivity contribution >= 4 is 17.6 Å². The average Bonchev–Trinajstić information content (AvgIpc) is 2.17. The summed E-state index contributed by atoms with van der Waals surface area (Å²) in [4.78, 5) is 14.7. The van der Waals surface area contributed by atoms with Crippen LogP contribution in [0.25, 0.3) is 0 Å². The number of carboxylic acids is 1. The Bertz CT molecular complexity index is 379. The van der Waals surface area contributed by atoms with Crippen LogP contribution in [0, 0.1) is 5.41 Å². The van der Waals surface area contributed by atoms with Crippen LogP contribution in [0.3, 0.4) is 0 Å². The third kappa shape index (κ3) is 3.70. The lowest BCUT2D eigenvalue weighted by Crippen LogP contribution is -2.25. The minimum Gasteiger partial charge on any atom is -0.492 e. The van der Waals surface area contributed by atoms with Crippen molar-refractivity contribution in [3.05, 3.63) is 23.5 Å². The molecular formula is C11H14ClNO3. The van der Waals surface area contributed by atoms with Crippen LogP contribution in [0.15, 0.2) is 18.5 Å². The highest BCUT2D eigenvalue weighted by atomic mass is 35.5. The molecule has 0 aliphatic rings. The van der Waals surface area contributed by atoms with Gasteiger partial charge in [0.2, 0.25) is 0 Å². The molecule has 0 radical (unpaired) electrons. The summed E-state index contributed by atoms with van der Waals surface area (Å²) in [5.41, 5.74) is -0.786. The van der Waals surface area contributed by atoms with E-state index >= 15 is 0 Å². The Morgan fingerprint density at radius 3 is 2.81 bits per heavy atom. The van der Waals surface area contributed by atoms with Crippen molar-refractivity contribution in [3.63, 3.8) is 0 Å². The SMILES string of the molecule is CC(C)(CCOc1cncc(Cl)c1)C(=O)O. The first kappa shape index (κ1) is 12.8. The van der Waals surface area contributed by atoms with E-state index in [1.165, 1.54) is 6.20 Å². The van der Waals surface area contributed by atoms with Crippen LogP contribution in [0.4, 0.5) is 0 Å². The zero-order chi connectivity index (χ0) is 12.2. The maximum atomic E-state index is 10.8. The van der Waals surface area contributed by atoms with Gasteiger partial charge >= 0.3 is 5.97 Å². The number of aromatic nitrogens is 1. The molecule has 0 atom stereocenters. The first-order valence-corrected chi connectivity index (χ1v) is 5.26. The molecule has 0 spiro atoms. The Morgan fingerprint density at radius 1 is 1.56 bits per heavy atom. The van der Waals surface area contributed by atoms with E-state index in [0.717, 1.165) is 0 Å². The zero-order valence-electron chi connectivity index (χ0n) is 9.24. The summed E-state index contributed by atoms with van der Waals surface area (Å²) in [5.74, 6) is -0.283. The standard InChI is InChI=1S/C11H14ClNO3/c1-11(2,10(14)15)3-4-16-9-5-8(12)6-13-7-9/h5-7H,3-4H2,1-2H3,(H,14,15).